The number of carbonyl (C=O) groups excluding carboxylic acids is 2. The summed E-state index contributed by atoms with van der Waals surface area (Å²) < 4.78 is 11.9. The van der Waals surface area contributed by atoms with E-state index in [2.05, 4.69) is 38.7 Å². The molecule has 0 heterocycles. The van der Waals surface area contributed by atoms with E-state index >= 15 is 0 Å². The van der Waals surface area contributed by atoms with Crippen LogP contribution in [0.25, 0.3) is 11.1 Å². The molecule has 0 unspecified atom stereocenters. The van der Waals surface area contributed by atoms with Crippen LogP contribution in [0.2, 0.25) is 0 Å². The number of nitrogens with one attached hydrogen (secondary N) is 2. The van der Waals surface area contributed by atoms with E-state index in [-0.39, 0.29) is 24.7 Å². The molecule has 1 aliphatic carbocycles. The van der Waals surface area contributed by atoms with Crippen LogP contribution in [-0.2, 0) is 20.9 Å². The summed E-state index contributed by atoms with van der Waals surface area (Å²) in [6.45, 7) is 1.93. The molecule has 0 aromatic heterocycles. The number of fused-ring (bicyclic) bond motifs is 3. The molecule has 2 atom stereocenters. The molecule has 8 nitrogen and oxygen atoms in total. The number of hydrogen-bond donors (Lipinski definition) is 3. The maximum Gasteiger partial charge on any atom is 0.411 e. The second-order valence-electron chi connectivity index (χ2n) is 9.97. The molecule has 4 aromatic rings. The molecule has 2 amide bonds. The summed E-state index contributed by atoms with van der Waals surface area (Å²) in [4.78, 5) is 37.8. The number of hydrogen-bond acceptors (Lipinski definition) is 5. The van der Waals surface area contributed by atoms with Crippen molar-refractivity contribution in [3.05, 3.63) is 124 Å². The van der Waals surface area contributed by atoms with Gasteiger partial charge in [-0.25, -0.2) is 9.59 Å². The summed E-state index contributed by atoms with van der Waals surface area (Å²) in [6.07, 6.45) is -1.48. The smallest absolute Gasteiger partial charge is 0.411 e. The van der Waals surface area contributed by atoms with Crippen molar-refractivity contribution in [1.29, 1.82) is 0 Å². The Bertz CT molecular complexity index is 1560. The number of ether oxygens (including phenoxy) is 2. The summed E-state index contributed by atoms with van der Waals surface area (Å²) in [5.74, 6) is -1.95. The first-order valence-electron chi connectivity index (χ1n) is 13.4. The van der Waals surface area contributed by atoms with E-state index in [9.17, 15) is 19.5 Å². The maximum atomic E-state index is 13.1. The quantitative estimate of drug-likeness (QED) is 0.182. The van der Waals surface area contributed by atoms with Crippen molar-refractivity contribution in [2.45, 2.75) is 31.6 Å². The maximum absolute atomic E-state index is 13.1. The molecule has 0 aliphatic heterocycles. The SMILES string of the molecule is C[C@@H](OCc1ccccc1)[C@H](NC(=O)c1cc(Br)cc(NC(=O)OCC2c3ccccc3-c3ccccc32)c1)C(=O)O. The highest BCUT2D eigenvalue weighted by Gasteiger charge is 2.30. The minimum Gasteiger partial charge on any atom is -0.480 e. The normalized spacial score (nSPS) is 13.4. The molecule has 0 fully saturated rings. The zero-order chi connectivity index (χ0) is 29.6. The van der Waals surface area contributed by atoms with Gasteiger partial charge in [0.05, 0.1) is 12.7 Å². The van der Waals surface area contributed by atoms with Crippen LogP contribution in [0.3, 0.4) is 0 Å². The largest absolute Gasteiger partial charge is 0.480 e. The lowest BCUT2D eigenvalue weighted by Crippen LogP contribution is -2.48. The van der Waals surface area contributed by atoms with E-state index in [1.54, 1.807) is 13.0 Å². The minimum atomic E-state index is -1.29. The Balaban J connectivity index is 1.21. The zero-order valence-electron chi connectivity index (χ0n) is 22.8. The molecule has 0 radical (unpaired) electrons. The molecule has 1 aliphatic rings. The van der Waals surface area contributed by atoms with Crippen molar-refractivity contribution in [2.24, 2.45) is 0 Å². The average Bonchev–Trinajstić information content (AvgIpc) is 3.31. The second-order valence-corrected chi connectivity index (χ2v) is 10.9. The number of aliphatic carboxylic acids is 1. The number of benzene rings is 4. The lowest BCUT2D eigenvalue weighted by atomic mass is 9.98. The van der Waals surface area contributed by atoms with E-state index in [0.717, 1.165) is 27.8 Å². The van der Waals surface area contributed by atoms with Gasteiger partial charge >= 0.3 is 12.1 Å². The Morgan fingerprint density at radius 2 is 1.50 bits per heavy atom. The van der Waals surface area contributed by atoms with Crippen molar-refractivity contribution >= 4 is 39.6 Å². The van der Waals surface area contributed by atoms with Crippen LogP contribution in [0.4, 0.5) is 10.5 Å². The predicted molar refractivity (Wildman–Crippen MR) is 162 cm³/mol. The summed E-state index contributed by atoms with van der Waals surface area (Å²) in [6, 6.07) is 28.8. The fraction of sp³-hybridized carbons (Fsp3) is 0.182. The molecule has 0 saturated carbocycles. The highest BCUT2D eigenvalue weighted by Crippen LogP contribution is 2.44. The summed E-state index contributed by atoms with van der Waals surface area (Å²) >= 11 is 3.36. The van der Waals surface area contributed by atoms with Gasteiger partial charge in [-0.15, -0.1) is 0 Å². The lowest BCUT2D eigenvalue weighted by Gasteiger charge is -2.22. The van der Waals surface area contributed by atoms with E-state index in [4.69, 9.17) is 9.47 Å². The van der Waals surface area contributed by atoms with Crippen molar-refractivity contribution < 1.29 is 29.0 Å². The molecule has 0 bridgehead atoms. The third-order valence-corrected chi connectivity index (χ3v) is 7.59. The number of carboxylic acids is 1. The van der Waals surface area contributed by atoms with E-state index < -0.39 is 30.1 Å². The topological polar surface area (TPSA) is 114 Å². The Morgan fingerprint density at radius 3 is 2.14 bits per heavy atom. The van der Waals surface area contributed by atoms with Gasteiger partial charge in [0, 0.05) is 21.6 Å². The number of anilines is 1. The number of carboxylic acid groups (broad SMARTS) is 1. The van der Waals surface area contributed by atoms with Crippen molar-refractivity contribution in [3.63, 3.8) is 0 Å². The van der Waals surface area contributed by atoms with Gasteiger partial charge in [-0.05, 0) is 52.9 Å². The fourth-order valence-corrected chi connectivity index (χ4v) is 5.54. The summed E-state index contributed by atoms with van der Waals surface area (Å²) in [5, 5.41) is 15.0. The molecule has 0 spiro atoms. The lowest BCUT2D eigenvalue weighted by molar-refractivity contribution is -0.143. The third-order valence-electron chi connectivity index (χ3n) is 7.13. The van der Waals surface area contributed by atoms with Crippen LogP contribution >= 0.6 is 15.9 Å². The molecule has 9 heteroatoms. The number of rotatable bonds is 10. The highest BCUT2D eigenvalue weighted by molar-refractivity contribution is 9.10. The molecule has 42 heavy (non-hydrogen) atoms. The van der Waals surface area contributed by atoms with Crippen molar-refractivity contribution in [1.82, 2.24) is 5.32 Å². The molecule has 214 valence electrons. The molecular weight excluding hydrogens is 600 g/mol. The van der Waals surface area contributed by atoms with Crippen LogP contribution in [0, 0.1) is 0 Å². The van der Waals surface area contributed by atoms with E-state index in [1.807, 2.05) is 66.7 Å². The number of amides is 2. The average molecular weight is 630 g/mol. The van der Waals surface area contributed by atoms with Gasteiger partial charge in [-0.1, -0.05) is 94.8 Å². The van der Waals surface area contributed by atoms with Crippen molar-refractivity contribution in [2.75, 3.05) is 11.9 Å². The Hall–Kier alpha value is -4.47. The van der Waals surface area contributed by atoms with Gasteiger partial charge < -0.3 is 19.9 Å². The van der Waals surface area contributed by atoms with Gasteiger partial charge in [0.1, 0.15) is 6.61 Å². The first-order valence-corrected chi connectivity index (χ1v) is 14.2. The monoisotopic (exact) mass is 628 g/mol. The summed E-state index contributed by atoms with van der Waals surface area (Å²) in [7, 11) is 0. The third kappa shape index (κ3) is 6.70. The predicted octanol–water partition coefficient (Wildman–Crippen LogP) is 6.60. The fourth-order valence-electron chi connectivity index (χ4n) is 5.05. The van der Waals surface area contributed by atoms with E-state index in [0.29, 0.717) is 10.2 Å². The Labute approximate surface area is 251 Å². The highest BCUT2D eigenvalue weighted by atomic mass is 79.9. The summed E-state index contributed by atoms with van der Waals surface area (Å²) in [5.41, 5.74) is 5.81. The first kappa shape index (κ1) is 29.0. The van der Waals surface area contributed by atoms with E-state index in [1.165, 1.54) is 12.1 Å². The molecular formula is C33H29BrN2O6. The molecule has 4 aromatic carbocycles. The van der Waals surface area contributed by atoms with Crippen LogP contribution in [-0.4, -0.2) is 41.8 Å². The van der Waals surface area contributed by atoms with Gasteiger partial charge in [-0.2, -0.15) is 0 Å². The number of halogens is 1. The van der Waals surface area contributed by atoms with Crippen LogP contribution in [0.5, 0.6) is 0 Å². The van der Waals surface area contributed by atoms with Gasteiger partial charge in [0.2, 0.25) is 0 Å². The molecule has 5 rings (SSSR count). The van der Waals surface area contributed by atoms with Crippen LogP contribution < -0.4 is 10.6 Å². The molecule has 3 N–H and O–H groups in total. The minimum absolute atomic E-state index is 0.0916. The first-order chi connectivity index (χ1) is 20.3. The number of carbonyl (C=O) groups is 3. The Morgan fingerprint density at radius 1 is 0.881 bits per heavy atom. The van der Waals surface area contributed by atoms with Crippen LogP contribution in [0.1, 0.15) is 39.9 Å². The van der Waals surface area contributed by atoms with Gasteiger partial charge in [0.15, 0.2) is 6.04 Å². The standard InChI is InChI=1S/C33H29BrN2O6/c1-20(41-18-21-9-3-2-4-10-21)30(32(38)39)36-31(37)22-15-23(34)17-24(16-22)35-33(40)42-19-29-27-13-7-5-11-25(27)26-12-6-8-14-28(26)29/h2-17,20,29-30H,18-19H2,1H3,(H,35,40)(H,36,37)(H,38,39)/t20-,30+/m1/s1. The Kier molecular flexibility index (Phi) is 9.00. The van der Waals surface area contributed by atoms with Crippen LogP contribution in [0.15, 0.2) is 102 Å². The zero-order valence-corrected chi connectivity index (χ0v) is 24.3. The van der Waals surface area contributed by atoms with Gasteiger partial charge in [-0.3, -0.25) is 10.1 Å². The molecule has 0 saturated heterocycles. The van der Waals surface area contributed by atoms with Crippen molar-refractivity contribution in [3.8, 4) is 11.1 Å². The second kappa shape index (κ2) is 13.0. The van der Waals surface area contributed by atoms with Gasteiger partial charge in [0.25, 0.3) is 5.91 Å².